The fraction of sp³-hybridized carbons (Fsp3) is 0.273. The molecule has 0 saturated heterocycles. The van der Waals surface area contributed by atoms with E-state index in [0.717, 1.165) is 16.9 Å². The number of rotatable bonds is 9. The average Bonchev–Trinajstić information content (AvgIpc) is 2.63. The quantitative estimate of drug-likeness (QED) is 0.399. The number of carboxylic acid groups (broad SMARTS) is 1. The number of carbonyl (C=O) groups is 1. The standard InChI is InChI=1S/C22H23NO5/c1-4-26-21-13-17(12-18(14-23)22(24)25)5-6-20(21)28-8-7-27-19-10-15(2)9-16(3)11-19/h5-6,9-13H,4,7-8H2,1-3H3,(H,24,25). The van der Waals surface area contributed by atoms with Crippen molar-refractivity contribution in [3.05, 3.63) is 58.7 Å². The summed E-state index contributed by atoms with van der Waals surface area (Å²) in [5, 5.41) is 17.9. The van der Waals surface area contributed by atoms with Gasteiger partial charge in [0.25, 0.3) is 0 Å². The molecule has 0 bridgehead atoms. The Kier molecular flexibility index (Phi) is 7.46. The van der Waals surface area contributed by atoms with Crippen LogP contribution in [-0.4, -0.2) is 30.9 Å². The summed E-state index contributed by atoms with van der Waals surface area (Å²) < 4.78 is 17.1. The number of aryl methyl sites for hydroxylation is 2. The second-order valence-corrected chi connectivity index (χ2v) is 6.13. The molecule has 0 saturated carbocycles. The van der Waals surface area contributed by atoms with Gasteiger partial charge in [-0.25, -0.2) is 4.79 Å². The molecule has 0 aliphatic heterocycles. The van der Waals surface area contributed by atoms with Gasteiger partial charge < -0.3 is 19.3 Å². The number of nitrogens with zero attached hydrogens (tertiary/aromatic N) is 1. The SMILES string of the molecule is CCOc1cc(C=C(C#N)C(=O)O)ccc1OCCOc1cc(C)cc(C)c1. The average molecular weight is 381 g/mol. The molecule has 6 heteroatoms. The van der Waals surface area contributed by atoms with Crippen LogP contribution in [0.4, 0.5) is 0 Å². The van der Waals surface area contributed by atoms with Gasteiger partial charge in [0.05, 0.1) is 6.61 Å². The third-order valence-corrected chi connectivity index (χ3v) is 3.73. The maximum Gasteiger partial charge on any atom is 0.346 e. The Balaban J connectivity index is 2.04. The molecule has 0 fully saturated rings. The van der Waals surface area contributed by atoms with Gasteiger partial charge >= 0.3 is 5.97 Å². The monoisotopic (exact) mass is 381 g/mol. The summed E-state index contributed by atoms with van der Waals surface area (Å²) in [5.41, 5.74) is 2.46. The minimum absolute atomic E-state index is 0.320. The number of ether oxygens (including phenoxy) is 3. The van der Waals surface area contributed by atoms with E-state index in [4.69, 9.17) is 24.6 Å². The van der Waals surface area contributed by atoms with Crippen LogP contribution in [-0.2, 0) is 4.79 Å². The van der Waals surface area contributed by atoms with Gasteiger partial charge in [0.15, 0.2) is 11.5 Å². The predicted molar refractivity (Wildman–Crippen MR) is 106 cm³/mol. The van der Waals surface area contributed by atoms with E-state index in [2.05, 4.69) is 6.07 Å². The molecule has 6 nitrogen and oxygen atoms in total. The van der Waals surface area contributed by atoms with E-state index in [9.17, 15) is 4.79 Å². The van der Waals surface area contributed by atoms with Gasteiger partial charge in [0, 0.05) is 0 Å². The van der Waals surface area contributed by atoms with Gasteiger partial charge in [0.2, 0.25) is 0 Å². The van der Waals surface area contributed by atoms with E-state index < -0.39 is 5.97 Å². The topological polar surface area (TPSA) is 88.8 Å². The molecule has 0 heterocycles. The molecule has 2 rings (SSSR count). The van der Waals surface area contributed by atoms with Crippen molar-refractivity contribution in [1.29, 1.82) is 5.26 Å². The van der Waals surface area contributed by atoms with E-state index in [1.807, 2.05) is 32.9 Å². The number of hydrogen-bond donors (Lipinski definition) is 1. The molecule has 0 amide bonds. The lowest BCUT2D eigenvalue weighted by atomic mass is 10.1. The first-order valence-corrected chi connectivity index (χ1v) is 8.88. The molecule has 0 aliphatic rings. The van der Waals surface area contributed by atoms with E-state index >= 15 is 0 Å². The highest BCUT2D eigenvalue weighted by molar-refractivity contribution is 5.96. The number of benzene rings is 2. The van der Waals surface area contributed by atoms with Crippen LogP contribution in [0.15, 0.2) is 42.0 Å². The molecular formula is C22H23NO5. The van der Waals surface area contributed by atoms with E-state index in [1.54, 1.807) is 24.3 Å². The lowest BCUT2D eigenvalue weighted by Crippen LogP contribution is -2.10. The highest BCUT2D eigenvalue weighted by Gasteiger charge is 2.09. The van der Waals surface area contributed by atoms with E-state index in [-0.39, 0.29) is 5.57 Å². The highest BCUT2D eigenvalue weighted by atomic mass is 16.5. The Morgan fingerprint density at radius 1 is 1.04 bits per heavy atom. The van der Waals surface area contributed by atoms with Gasteiger partial charge in [-0.2, -0.15) is 5.26 Å². The zero-order chi connectivity index (χ0) is 20.5. The minimum atomic E-state index is -1.27. The zero-order valence-corrected chi connectivity index (χ0v) is 16.2. The summed E-state index contributed by atoms with van der Waals surface area (Å²) in [6, 6.07) is 12.7. The van der Waals surface area contributed by atoms with Crippen molar-refractivity contribution < 1.29 is 24.1 Å². The molecule has 0 aliphatic carbocycles. The van der Waals surface area contributed by atoms with Crippen molar-refractivity contribution in [2.24, 2.45) is 0 Å². The van der Waals surface area contributed by atoms with Crippen molar-refractivity contribution in [2.45, 2.75) is 20.8 Å². The number of hydrogen-bond acceptors (Lipinski definition) is 5. The maximum absolute atomic E-state index is 11.0. The number of aliphatic carboxylic acids is 1. The van der Waals surface area contributed by atoms with Crippen LogP contribution >= 0.6 is 0 Å². The lowest BCUT2D eigenvalue weighted by molar-refractivity contribution is -0.132. The van der Waals surface area contributed by atoms with Crippen LogP contribution < -0.4 is 14.2 Å². The molecule has 2 aromatic rings. The van der Waals surface area contributed by atoms with Crippen molar-refractivity contribution >= 4 is 12.0 Å². The van der Waals surface area contributed by atoms with E-state index in [1.165, 1.54) is 6.08 Å². The van der Waals surface area contributed by atoms with Crippen LogP contribution in [0, 0.1) is 25.2 Å². The summed E-state index contributed by atoms with van der Waals surface area (Å²) >= 11 is 0. The summed E-state index contributed by atoms with van der Waals surface area (Å²) in [7, 11) is 0. The molecule has 2 aromatic carbocycles. The third-order valence-electron chi connectivity index (χ3n) is 3.73. The molecule has 0 radical (unpaired) electrons. The fourth-order valence-electron chi connectivity index (χ4n) is 2.64. The van der Waals surface area contributed by atoms with Crippen LogP contribution in [0.3, 0.4) is 0 Å². The van der Waals surface area contributed by atoms with Gasteiger partial charge in [-0.15, -0.1) is 0 Å². The summed E-state index contributed by atoms with van der Waals surface area (Å²) in [6.45, 7) is 6.99. The molecule has 0 atom stereocenters. The van der Waals surface area contributed by atoms with Crippen molar-refractivity contribution in [2.75, 3.05) is 19.8 Å². The first-order valence-electron chi connectivity index (χ1n) is 8.88. The summed E-state index contributed by atoms with van der Waals surface area (Å²) in [4.78, 5) is 11.0. The van der Waals surface area contributed by atoms with Crippen molar-refractivity contribution in [1.82, 2.24) is 0 Å². The van der Waals surface area contributed by atoms with Gasteiger partial charge in [-0.3, -0.25) is 0 Å². The Bertz CT molecular complexity index is 891. The first kappa shape index (κ1) is 20.8. The predicted octanol–water partition coefficient (Wildman–Crippen LogP) is 4.15. The Hall–Kier alpha value is -3.46. The summed E-state index contributed by atoms with van der Waals surface area (Å²) in [5.74, 6) is 0.524. The van der Waals surface area contributed by atoms with Crippen molar-refractivity contribution in [3.63, 3.8) is 0 Å². The molecule has 146 valence electrons. The lowest BCUT2D eigenvalue weighted by Gasteiger charge is -2.13. The van der Waals surface area contributed by atoms with Crippen LogP contribution in [0.5, 0.6) is 17.2 Å². The Labute approximate surface area is 164 Å². The second-order valence-electron chi connectivity index (χ2n) is 6.13. The second kappa shape index (κ2) is 10.0. The first-order chi connectivity index (χ1) is 13.4. The maximum atomic E-state index is 11.0. The highest BCUT2D eigenvalue weighted by Crippen LogP contribution is 2.29. The Morgan fingerprint density at radius 2 is 1.71 bits per heavy atom. The Morgan fingerprint density at radius 3 is 2.32 bits per heavy atom. The van der Waals surface area contributed by atoms with Crippen LogP contribution in [0.1, 0.15) is 23.6 Å². The normalized spacial score (nSPS) is 10.9. The number of nitriles is 1. The molecule has 28 heavy (non-hydrogen) atoms. The molecule has 0 spiro atoms. The summed E-state index contributed by atoms with van der Waals surface area (Å²) in [6.07, 6.45) is 1.29. The van der Waals surface area contributed by atoms with E-state index in [0.29, 0.717) is 36.9 Å². The number of carboxylic acids is 1. The largest absolute Gasteiger partial charge is 0.490 e. The van der Waals surface area contributed by atoms with Gasteiger partial charge in [0.1, 0.15) is 30.6 Å². The minimum Gasteiger partial charge on any atom is -0.490 e. The smallest absolute Gasteiger partial charge is 0.346 e. The van der Waals surface area contributed by atoms with Gasteiger partial charge in [-0.1, -0.05) is 12.1 Å². The fourth-order valence-corrected chi connectivity index (χ4v) is 2.64. The van der Waals surface area contributed by atoms with Gasteiger partial charge in [-0.05, 0) is 67.8 Å². The zero-order valence-electron chi connectivity index (χ0n) is 16.2. The van der Waals surface area contributed by atoms with Crippen LogP contribution in [0.2, 0.25) is 0 Å². The molecule has 0 aromatic heterocycles. The molecule has 1 N–H and O–H groups in total. The third kappa shape index (κ3) is 6.06. The van der Waals surface area contributed by atoms with Crippen LogP contribution in [0.25, 0.3) is 6.08 Å². The molecule has 0 unspecified atom stereocenters. The van der Waals surface area contributed by atoms with Crippen molar-refractivity contribution in [3.8, 4) is 23.3 Å². The molecular weight excluding hydrogens is 358 g/mol.